The second-order valence-electron chi connectivity index (χ2n) is 8.34. The van der Waals surface area contributed by atoms with Crippen molar-refractivity contribution in [3.05, 3.63) is 50.7 Å². The summed E-state index contributed by atoms with van der Waals surface area (Å²) in [7, 11) is 3.16. The van der Waals surface area contributed by atoms with E-state index in [-0.39, 0.29) is 17.4 Å². The summed E-state index contributed by atoms with van der Waals surface area (Å²) >= 11 is 0. The van der Waals surface area contributed by atoms with Crippen LogP contribution in [0, 0.1) is 0 Å². The zero-order valence-corrected chi connectivity index (χ0v) is 18.0. The highest BCUT2D eigenvalue weighted by Gasteiger charge is 2.22. The molecule has 4 rings (SSSR count). The van der Waals surface area contributed by atoms with Crippen LogP contribution in [0.3, 0.4) is 0 Å². The van der Waals surface area contributed by atoms with Gasteiger partial charge in [-0.3, -0.25) is 18.5 Å². The largest absolute Gasteiger partial charge is 0.491 e. The van der Waals surface area contributed by atoms with Gasteiger partial charge in [0, 0.05) is 20.1 Å². The van der Waals surface area contributed by atoms with Crippen LogP contribution in [0.1, 0.15) is 45.1 Å². The highest BCUT2D eigenvalue weighted by molar-refractivity contribution is 5.74. The van der Waals surface area contributed by atoms with Crippen LogP contribution in [0.2, 0.25) is 0 Å². The summed E-state index contributed by atoms with van der Waals surface area (Å²) in [6.07, 6.45) is 4.66. The number of nitrogens with one attached hydrogen (secondary N) is 1. The van der Waals surface area contributed by atoms with Gasteiger partial charge in [0.05, 0.1) is 12.6 Å². The van der Waals surface area contributed by atoms with Gasteiger partial charge in [-0.15, -0.1) is 0 Å². The standard InChI is InChI=1S/C22H29N5O3/c1-14(2)30-17-11-9-15(10-12-17)13-27-18-19(25(3)22(29)26(4)20(18)28)24-21(27)23-16-7-5-6-8-16/h9-12,14,16H,5-8,13H2,1-4H3,(H,23,24). The summed E-state index contributed by atoms with van der Waals surface area (Å²) in [4.78, 5) is 30.0. The number of rotatable bonds is 6. The van der Waals surface area contributed by atoms with Crippen molar-refractivity contribution >= 4 is 17.1 Å². The first-order valence-electron chi connectivity index (χ1n) is 10.5. The molecule has 0 atom stereocenters. The van der Waals surface area contributed by atoms with Crippen LogP contribution in [-0.2, 0) is 20.6 Å². The molecule has 8 nitrogen and oxygen atoms in total. The van der Waals surface area contributed by atoms with Crippen molar-refractivity contribution in [1.29, 1.82) is 0 Å². The van der Waals surface area contributed by atoms with Gasteiger partial charge in [0.1, 0.15) is 5.75 Å². The molecular weight excluding hydrogens is 382 g/mol. The van der Waals surface area contributed by atoms with Crippen LogP contribution in [0.5, 0.6) is 5.75 Å². The van der Waals surface area contributed by atoms with Crippen LogP contribution in [0.25, 0.3) is 11.2 Å². The molecule has 1 fully saturated rings. The fourth-order valence-corrected chi connectivity index (χ4v) is 4.09. The molecule has 2 heterocycles. The molecule has 0 unspecified atom stereocenters. The van der Waals surface area contributed by atoms with Gasteiger partial charge in [-0.25, -0.2) is 4.79 Å². The lowest BCUT2D eigenvalue weighted by molar-refractivity contribution is 0.242. The Kier molecular flexibility index (Phi) is 5.40. The SMILES string of the molecule is CC(C)Oc1ccc(Cn2c(NC3CCCC3)nc3c2c(=O)n(C)c(=O)n3C)cc1. The molecule has 0 aliphatic heterocycles. The smallest absolute Gasteiger partial charge is 0.332 e. The van der Waals surface area contributed by atoms with E-state index in [2.05, 4.69) is 10.3 Å². The molecule has 30 heavy (non-hydrogen) atoms. The number of hydrogen-bond donors (Lipinski definition) is 1. The summed E-state index contributed by atoms with van der Waals surface area (Å²) in [5, 5.41) is 3.51. The van der Waals surface area contributed by atoms with Gasteiger partial charge in [-0.1, -0.05) is 25.0 Å². The molecule has 0 amide bonds. The highest BCUT2D eigenvalue weighted by Crippen LogP contribution is 2.25. The van der Waals surface area contributed by atoms with E-state index in [4.69, 9.17) is 4.74 Å². The summed E-state index contributed by atoms with van der Waals surface area (Å²) < 4.78 is 10.2. The Labute approximate surface area is 175 Å². The number of benzene rings is 1. The normalized spacial score (nSPS) is 14.7. The maximum Gasteiger partial charge on any atom is 0.332 e. The molecule has 2 aromatic heterocycles. The van der Waals surface area contributed by atoms with Crippen molar-refractivity contribution in [1.82, 2.24) is 18.7 Å². The van der Waals surface area contributed by atoms with Gasteiger partial charge < -0.3 is 10.1 Å². The summed E-state index contributed by atoms with van der Waals surface area (Å²) in [5.41, 5.74) is 1.15. The van der Waals surface area contributed by atoms with Crippen molar-refractivity contribution in [3.8, 4) is 5.75 Å². The molecule has 160 valence electrons. The van der Waals surface area contributed by atoms with Gasteiger partial charge in [0.2, 0.25) is 5.95 Å². The molecule has 8 heteroatoms. The Hall–Kier alpha value is -3.03. The van der Waals surface area contributed by atoms with Crippen LogP contribution in [-0.4, -0.2) is 30.8 Å². The van der Waals surface area contributed by atoms with E-state index >= 15 is 0 Å². The van der Waals surface area contributed by atoms with Crippen LogP contribution in [0.4, 0.5) is 5.95 Å². The van der Waals surface area contributed by atoms with Crippen LogP contribution in [0.15, 0.2) is 33.9 Å². The molecule has 3 aromatic rings. The average Bonchev–Trinajstić information content (AvgIpc) is 3.35. The third-order valence-electron chi connectivity index (χ3n) is 5.67. The zero-order chi connectivity index (χ0) is 21.4. The van der Waals surface area contributed by atoms with E-state index in [1.54, 1.807) is 7.05 Å². The van der Waals surface area contributed by atoms with Gasteiger partial charge in [-0.05, 0) is 44.4 Å². The molecule has 0 spiro atoms. The molecule has 0 bridgehead atoms. The quantitative estimate of drug-likeness (QED) is 0.674. The first-order chi connectivity index (χ1) is 14.3. The lowest BCUT2D eigenvalue weighted by Crippen LogP contribution is -2.37. The lowest BCUT2D eigenvalue weighted by atomic mass is 10.2. The van der Waals surface area contributed by atoms with Gasteiger partial charge in [0.25, 0.3) is 5.56 Å². The second-order valence-corrected chi connectivity index (χ2v) is 8.34. The Morgan fingerprint density at radius 3 is 2.40 bits per heavy atom. The third kappa shape index (κ3) is 3.74. The number of aromatic nitrogens is 4. The molecule has 0 saturated heterocycles. The maximum atomic E-state index is 13.0. The van der Waals surface area contributed by atoms with Crippen molar-refractivity contribution in [2.45, 2.75) is 58.2 Å². The molecular formula is C22H29N5O3. The number of nitrogens with zero attached hydrogens (tertiary/aromatic N) is 4. The van der Waals surface area contributed by atoms with E-state index in [1.807, 2.05) is 42.7 Å². The van der Waals surface area contributed by atoms with Crippen molar-refractivity contribution in [3.63, 3.8) is 0 Å². The van der Waals surface area contributed by atoms with E-state index in [1.165, 1.54) is 24.5 Å². The second kappa shape index (κ2) is 8.01. The zero-order valence-electron chi connectivity index (χ0n) is 18.0. The van der Waals surface area contributed by atoms with E-state index < -0.39 is 0 Å². The number of aryl methyl sites for hydroxylation is 1. The van der Waals surface area contributed by atoms with Crippen LogP contribution >= 0.6 is 0 Å². The van der Waals surface area contributed by atoms with E-state index in [0.29, 0.717) is 29.7 Å². The summed E-state index contributed by atoms with van der Waals surface area (Å²) in [5.74, 6) is 1.45. The molecule has 1 aliphatic carbocycles. The predicted octanol–water partition coefficient (Wildman–Crippen LogP) is 2.62. The molecule has 1 saturated carbocycles. The van der Waals surface area contributed by atoms with Crippen molar-refractivity contribution in [2.75, 3.05) is 5.32 Å². The third-order valence-corrected chi connectivity index (χ3v) is 5.67. The number of anilines is 1. The fourth-order valence-electron chi connectivity index (χ4n) is 4.09. The Balaban J connectivity index is 1.79. The fraction of sp³-hybridized carbons (Fsp3) is 0.500. The van der Waals surface area contributed by atoms with Gasteiger partial charge in [-0.2, -0.15) is 4.98 Å². The monoisotopic (exact) mass is 411 g/mol. The molecule has 1 aliphatic rings. The maximum absolute atomic E-state index is 13.0. The Morgan fingerprint density at radius 1 is 1.10 bits per heavy atom. The number of fused-ring (bicyclic) bond motifs is 1. The minimum absolute atomic E-state index is 0.111. The number of hydrogen-bond acceptors (Lipinski definition) is 5. The Morgan fingerprint density at radius 2 is 1.77 bits per heavy atom. The molecule has 1 aromatic carbocycles. The first kappa shape index (κ1) is 20.3. The number of imidazole rings is 1. The lowest BCUT2D eigenvalue weighted by Gasteiger charge is -2.15. The minimum atomic E-state index is -0.375. The van der Waals surface area contributed by atoms with Gasteiger partial charge in [0.15, 0.2) is 11.2 Å². The summed E-state index contributed by atoms with van der Waals surface area (Å²) in [6, 6.07) is 8.20. The van der Waals surface area contributed by atoms with Crippen molar-refractivity contribution < 1.29 is 4.74 Å². The minimum Gasteiger partial charge on any atom is -0.491 e. The topological polar surface area (TPSA) is 83.1 Å². The highest BCUT2D eigenvalue weighted by atomic mass is 16.5. The van der Waals surface area contributed by atoms with Gasteiger partial charge >= 0.3 is 5.69 Å². The average molecular weight is 412 g/mol. The van der Waals surface area contributed by atoms with E-state index in [9.17, 15) is 9.59 Å². The first-order valence-corrected chi connectivity index (χ1v) is 10.5. The molecule has 1 N–H and O–H groups in total. The predicted molar refractivity (Wildman–Crippen MR) is 117 cm³/mol. The van der Waals surface area contributed by atoms with E-state index in [0.717, 1.165) is 28.7 Å². The Bertz CT molecular complexity index is 1160. The number of ether oxygens (including phenoxy) is 1. The van der Waals surface area contributed by atoms with Crippen LogP contribution < -0.4 is 21.3 Å². The molecule has 0 radical (unpaired) electrons. The summed E-state index contributed by atoms with van der Waals surface area (Å²) in [6.45, 7) is 4.46. The van der Waals surface area contributed by atoms with Crippen molar-refractivity contribution in [2.24, 2.45) is 14.1 Å².